The number of carbonyl (C=O) groups is 1. The fourth-order valence-corrected chi connectivity index (χ4v) is 2.16. The maximum Gasteiger partial charge on any atom is 0.319 e. The summed E-state index contributed by atoms with van der Waals surface area (Å²) in [6, 6.07) is 7.68. The predicted molar refractivity (Wildman–Crippen MR) is 73.8 cm³/mol. The van der Waals surface area contributed by atoms with Gasteiger partial charge in [0.25, 0.3) is 0 Å². The Hall–Kier alpha value is -1.55. The van der Waals surface area contributed by atoms with Crippen LogP contribution in [-0.2, 0) is 0 Å². The van der Waals surface area contributed by atoms with Gasteiger partial charge >= 0.3 is 6.03 Å². The Morgan fingerprint density at radius 3 is 2.83 bits per heavy atom. The third-order valence-corrected chi connectivity index (χ3v) is 3.31. The number of nitrogens with one attached hydrogen (secondary N) is 3. The molecule has 4 heteroatoms. The van der Waals surface area contributed by atoms with Crippen LogP contribution in [0.4, 0.5) is 10.5 Å². The molecule has 0 aromatic heterocycles. The topological polar surface area (TPSA) is 53.2 Å². The zero-order valence-electron chi connectivity index (χ0n) is 10.8. The highest BCUT2D eigenvalue weighted by Crippen LogP contribution is 2.11. The fourth-order valence-electron chi connectivity index (χ4n) is 2.16. The van der Waals surface area contributed by atoms with Crippen molar-refractivity contribution in [2.24, 2.45) is 5.92 Å². The molecular weight excluding hydrogens is 226 g/mol. The van der Waals surface area contributed by atoms with Gasteiger partial charge in [0.2, 0.25) is 0 Å². The summed E-state index contributed by atoms with van der Waals surface area (Å²) in [6.45, 7) is 4.96. The Labute approximate surface area is 108 Å². The molecule has 18 heavy (non-hydrogen) atoms. The summed E-state index contributed by atoms with van der Waals surface area (Å²) in [5.41, 5.74) is 2.02. The Kier molecular flexibility index (Phi) is 4.59. The Morgan fingerprint density at radius 1 is 1.39 bits per heavy atom. The maximum absolute atomic E-state index is 11.6. The first kappa shape index (κ1) is 12.9. The normalized spacial score (nSPS) is 18.6. The minimum atomic E-state index is -0.121. The van der Waals surface area contributed by atoms with Gasteiger partial charge in [-0.3, -0.25) is 0 Å². The van der Waals surface area contributed by atoms with Crippen molar-refractivity contribution in [3.63, 3.8) is 0 Å². The van der Waals surface area contributed by atoms with E-state index in [0.29, 0.717) is 5.92 Å². The van der Waals surface area contributed by atoms with E-state index >= 15 is 0 Å². The third kappa shape index (κ3) is 4.04. The third-order valence-electron chi connectivity index (χ3n) is 3.31. The molecular formula is C14H21N3O. The second-order valence-corrected chi connectivity index (χ2v) is 4.89. The van der Waals surface area contributed by atoms with Crippen molar-refractivity contribution in [2.45, 2.75) is 19.8 Å². The van der Waals surface area contributed by atoms with E-state index in [1.807, 2.05) is 31.2 Å². The van der Waals surface area contributed by atoms with Gasteiger partial charge in [0.1, 0.15) is 0 Å². The smallest absolute Gasteiger partial charge is 0.319 e. The molecule has 2 rings (SSSR count). The lowest BCUT2D eigenvalue weighted by molar-refractivity contribution is 0.251. The van der Waals surface area contributed by atoms with Crippen molar-refractivity contribution in [1.29, 1.82) is 0 Å². The molecule has 1 atom stereocenters. The second-order valence-electron chi connectivity index (χ2n) is 4.89. The largest absolute Gasteiger partial charge is 0.338 e. The van der Waals surface area contributed by atoms with Crippen molar-refractivity contribution < 1.29 is 4.79 Å². The number of benzene rings is 1. The molecule has 0 bridgehead atoms. The van der Waals surface area contributed by atoms with Crippen LogP contribution in [0.15, 0.2) is 24.3 Å². The highest BCUT2D eigenvalue weighted by atomic mass is 16.2. The fraction of sp³-hybridized carbons (Fsp3) is 0.500. The van der Waals surface area contributed by atoms with E-state index in [-0.39, 0.29) is 6.03 Å². The van der Waals surface area contributed by atoms with E-state index in [9.17, 15) is 4.79 Å². The van der Waals surface area contributed by atoms with Gasteiger partial charge in [-0.1, -0.05) is 17.7 Å². The summed E-state index contributed by atoms with van der Waals surface area (Å²) in [5.74, 6) is 0.713. The first-order valence-electron chi connectivity index (χ1n) is 6.56. The van der Waals surface area contributed by atoms with Crippen LogP contribution in [0.3, 0.4) is 0 Å². The summed E-state index contributed by atoms with van der Waals surface area (Å²) in [4.78, 5) is 11.6. The summed E-state index contributed by atoms with van der Waals surface area (Å²) >= 11 is 0. The lowest BCUT2D eigenvalue weighted by Gasteiger charge is -2.10. The number of hydrogen-bond donors (Lipinski definition) is 3. The van der Waals surface area contributed by atoms with E-state index in [1.54, 1.807) is 0 Å². The molecule has 0 aliphatic carbocycles. The van der Waals surface area contributed by atoms with Gasteiger partial charge < -0.3 is 16.0 Å². The van der Waals surface area contributed by atoms with Crippen molar-refractivity contribution in [3.05, 3.63) is 29.8 Å². The van der Waals surface area contributed by atoms with Gasteiger partial charge in [0.15, 0.2) is 0 Å². The van der Waals surface area contributed by atoms with Gasteiger partial charge in [0.05, 0.1) is 0 Å². The molecule has 2 amide bonds. The van der Waals surface area contributed by atoms with Crippen LogP contribution in [0.2, 0.25) is 0 Å². The van der Waals surface area contributed by atoms with Gasteiger partial charge in [0, 0.05) is 12.2 Å². The molecule has 1 aromatic carbocycles. The van der Waals surface area contributed by atoms with E-state index < -0.39 is 0 Å². The molecule has 0 radical (unpaired) electrons. The van der Waals surface area contributed by atoms with Crippen molar-refractivity contribution in [2.75, 3.05) is 25.0 Å². The lowest BCUT2D eigenvalue weighted by atomic mass is 10.1. The second kappa shape index (κ2) is 6.40. The molecule has 0 spiro atoms. The van der Waals surface area contributed by atoms with Crippen LogP contribution >= 0.6 is 0 Å². The minimum Gasteiger partial charge on any atom is -0.338 e. The molecule has 3 N–H and O–H groups in total. The van der Waals surface area contributed by atoms with Gasteiger partial charge in [-0.05, 0) is 50.9 Å². The van der Waals surface area contributed by atoms with Crippen LogP contribution in [0.25, 0.3) is 0 Å². The van der Waals surface area contributed by atoms with Crippen molar-refractivity contribution >= 4 is 11.7 Å². The van der Waals surface area contributed by atoms with E-state index in [1.165, 1.54) is 12.0 Å². The number of urea groups is 1. The zero-order valence-corrected chi connectivity index (χ0v) is 10.8. The van der Waals surface area contributed by atoms with Crippen LogP contribution in [0.5, 0.6) is 0 Å². The first-order chi connectivity index (χ1) is 8.74. The number of amides is 2. The van der Waals surface area contributed by atoms with E-state index in [0.717, 1.165) is 31.7 Å². The van der Waals surface area contributed by atoms with Crippen LogP contribution < -0.4 is 16.0 Å². The summed E-state index contributed by atoms with van der Waals surface area (Å²) in [6.07, 6.45) is 2.27. The van der Waals surface area contributed by atoms with Crippen LogP contribution in [-0.4, -0.2) is 25.7 Å². The van der Waals surface area contributed by atoms with Gasteiger partial charge in [-0.2, -0.15) is 0 Å². The summed E-state index contributed by atoms with van der Waals surface area (Å²) in [7, 11) is 0. The molecule has 1 aliphatic rings. The predicted octanol–water partition coefficient (Wildman–Crippen LogP) is 2.12. The van der Waals surface area contributed by atoms with E-state index in [4.69, 9.17) is 0 Å². The molecule has 98 valence electrons. The highest BCUT2D eigenvalue weighted by molar-refractivity contribution is 5.89. The van der Waals surface area contributed by atoms with Gasteiger partial charge in [-0.25, -0.2) is 4.79 Å². The van der Waals surface area contributed by atoms with Crippen molar-refractivity contribution in [3.8, 4) is 0 Å². The Morgan fingerprint density at radius 2 is 2.17 bits per heavy atom. The SMILES string of the molecule is Cc1ccc(NC(=O)NCCC2CCNC2)cc1. The molecule has 1 saturated heterocycles. The quantitative estimate of drug-likeness (QED) is 0.763. The average molecular weight is 247 g/mol. The molecule has 1 aromatic rings. The lowest BCUT2D eigenvalue weighted by Crippen LogP contribution is -2.30. The van der Waals surface area contributed by atoms with Gasteiger partial charge in [-0.15, -0.1) is 0 Å². The molecule has 1 aliphatic heterocycles. The molecule has 4 nitrogen and oxygen atoms in total. The molecule has 1 heterocycles. The standard InChI is InChI=1S/C14H21N3O/c1-11-2-4-13(5-3-11)17-14(18)16-9-7-12-6-8-15-10-12/h2-5,12,15H,6-10H2,1H3,(H2,16,17,18). The maximum atomic E-state index is 11.6. The Balaban J connectivity index is 1.66. The summed E-state index contributed by atoms with van der Waals surface area (Å²) in [5, 5.41) is 9.05. The van der Waals surface area contributed by atoms with Crippen LogP contribution in [0, 0.1) is 12.8 Å². The highest BCUT2D eigenvalue weighted by Gasteiger charge is 2.13. The number of rotatable bonds is 4. The Bertz CT molecular complexity index is 383. The van der Waals surface area contributed by atoms with E-state index in [2.05, 4.69) is 16.0 Å². The number of aryl methyl sites for hydroxylation is 1. The monoisotopic (exact) mass is 247 g/mol. The zero-order chi connectivity index (χ0) is 12.8. The van der Waals surface area contributed by atoms with Crippen LogP contribution in [0.1, 0.15) is 18.4 Å². The summed E-state index contributed by atoms with van der Waals surface area (Å²) < 4.78 is 0. The molecule has 1 fully saturated rings. The first-order valence-corrected chi connectivity index (χ1v) is 6.56. The average Bonchev–Trinajstić information content (AvgIpc) is 2.85. The van der Waals surface area contributed by atoms with Crippen molar-refractivity contribution in [1.82, 2.24) is 10.6 Å². The molecule has 1 unspecified atom stereocenters. The minimum absolute atomic E-state index is 0.121. The molecule has 0 saturated carbocycles. The number of anilines is 1. The number of carbonyl (C=O) groups excluding carboxylic acids is 1. The number of hydrogen-bond acceptors (Lipinski definition) is 2.